The van der Waals surface area contributed by atoms with E-state index < -0.39 is 16.3 Å². The van der Waals surface area contributed by atoms with Crippen LogP contribution >= 0.6 is 23.2 Å². The third kappa shape index (κ3) is 3.95. The SMILES string of the molecule is C=CCCN1C=C(C(C)=O)C(c2ccc(Cl)cc2Cl)NS1(=O)=O. The predicted molar refractivity (Wildman–Crippen MR) is 91.5 cm³/mol. The zero-order valence-electron chi connectivity index (χ0n) is 12.4. The molecule has 0 saturated heterocycles. The average Bonchev–Trinajstić information content (AvgIpc) is 2.44. The summed E-state index contributed by atoms with van der Waals surface area (Å²) in [7, 11) is -3.77. The second kappa shape index (κ2) is 7.05. The molecule has 1 heterocycles. The van der Waals surface area contributed by atoms with Crippen LogP contribution in [0, 0.1) is 0 Å². The summed E-state index contributed by atoms with van der Waals surface area (Å²) < 4.78 is 28.4. The monoisotopic (exact) mass is 374 g/mol. The normalized spacial score (nSPS) is 20.0. The number of hydrogen-bond donors (Lipinski definition) is 1. The molecule has 1 aromatic rings. The Morgan fingerprint density at radius 1 is 1.43 bits per heavy atom. The quantitative estimate of drug-likeness (QED) is 0.804. The minimum Gasteiger partial charge on any atom is -0.295 e. The van der Waals surface area contributed by atoms with Gasteiger partial charge in [0.25, 0.3) is 0 Å². The summed E-state index contributed by atoms with van der Waals surface area (Å²) in [4.78, 5) is 12.0. The molecule has 0 bridgehead atoms. The van der Waals surface area contributed by atoms with Crippen molar-refractivity contribution in [3.05, 3.63) is 58.2 Å². The van der Waals surface area contributed by atoms with Crippen molar-refractivity contribution in [2.75, 3.05) is 6.54 Å². The molecule has 0 saturated carbocycles. The highest BCUT2D eigenvalue weighted by atomic mass is 35.5. The third-order valence-corrected chi connectivity index (χ3v) is 5.40. The molecule has 1 aliphatic heterocycles. The van der Waals surface area contributed by atoms with Crippen molar-refractivity contribution >= 4 is 39.2 Å². The first-order valence-electron chi connectivity index (χ1n) is 6.84. The van der Waals surface area contributed by atoms with Gasteiger partial charge in [0.15, 0.2) is 5.78 Å². The van der Waals surface area contributed by atoms with Crippen LogP contribution in [0.1, 0.15) is 24.9 Å². The van der Waals surface area contributed by atoms with Gasteiger partial charge in [-0.2, -0.15) is 13.1 Å². The Labute approximate surface area is 145 Å². The van der Waals surface area contributed by atoms with Gasteiger partial charge in [-0.3, -0.25) is 9.10 Å². The largest absolute Gasteiger partial charge is 0.301 e. The van der Waals surface area contributed by atoms with Gasteiger partial charge in [0.2, 0.25) is 0 Å². The molecule has 1 unspecified atom stereocenters. The van der Waals surface area contributed by atoms with E-state index in [2.05, 4.69) is 11.3 Å². The Balaban J connectivity index is 2.51. The maximum absolute atomic E-state index is 12.4. The van der Waals surface area contributed by atoms with Crippen molar-refractivity contribution in [1.82, 2.24) is 9.03 Å². The van der Waals surface area contributed by atoms with Crippen LogP contribution in [0.25, 0.3) is 0 Å². The molecule has 1 aromatic carbocycles. The van der Waals surface area contributed by atoms with E-state index in [9.17, 15) is 13.2 Å². The molecule has 0 radical (unpaired) electrons. The van der Waals surface area contributed by atoms with Gasteiger partial charge in [0.05, 0.1) is 6.04 Å². The molecule has 0 aliphatic carbocycles. The van der Waals surface area contributed by atoms with Gasteiger partial charge in [-0.25, -0.2) is 0 Å². The molecule has 5 nitrogen and oxygen atoms in total. The van der Waals surface area contributed by atoms with Crippen LogP contribution in [0.2, 0.25) is 10.0 Å². The number of ketones is 1. The lowest BCUT2D eigenvalue weighted by Gasteiger charge is -2.32. The van der Waals surface area contributed by atoms with Gasteiger partial charge >= 0.3 is 10.2 Å². The number of halogens is 2. The average molecular weight is 375 g/mol. The summed E-state index contributed by atoms with van der Waals surface area (Å²) >= 11 is 12.0. The second-order valence-electron chi connectivity index (χ2n) is 5.05. The smallest absolute Gasteiger partial charge is 0.295 e. The second-order valence-corrected chi connectivity index (χ2v) is 7.55. The molecule has 1 N–H and O–H groups in total. The summed E-state index contributed by atoms with van der Waals surface area (Å²) in [6.07, 6.45) is 3.43. The van der Waals surface area contributed by atoms with E-state index in [-0.39, 0.29) is 17.4 Å². The Morgan fingerprint density at radius 2 is 2.13 bits per heavy atom. The molecule has 0 spiro atoms. The molecule has 0 amide bonds. The maximum atomic E-state index is 12.4. The van der Waals surface area contributed by atoms with Gasteiger partial charge in [-0.15, -0.1) is 6.58 Å². The predicted octanol–water partition coefficient (Wildman–Crippen LogP) is 3.23. The molecule has 1 aliphatic rings. The van der Waals surface area contributed by atoms with Crippen LogP contribution in [-0.2, 0) is 15.0 Å². The van der Waals surface area contributed by atoms with E-state index in [4.69, 9.17) is 23.2 Å². The fourth-order valence-corrected chi connectivity index (χ4v) is 4.05. The van der Waals surface area contributed by atoms with Crippen molar-refractivity contribution < 1.29 is 13.2 Å². The fraction of sp³-hybridized carbons (Fsp3) is 0.267. The lowest BCUT2D eigenvalue weighted by molar-refractivity contribution is -0.114. The van der Waals surface area contributed by atoms with Crippen LogP contribution in [-0.4, -0.2) is 25.1 Å². The minimum atomic E-state index is -3.77. The van der Waals surface area contributed by atoms with E-state index in [1.54, 1.807) is 18.2 Å². The first-order chi connectivity index (χ1) is 10.8. The number of Topliss-reactive ketones (excluding diaryl/α,β-unsaturated/α-hetero) is 1. The van der Waals surface area contributed by atoms with Crippen LogP contribution < -0.4 is 4.72 Å². The molecule has 1 atom stereocenters. The zero-order valence-corrected chi connectivity index (χ0v) is 14.7. The number of carbonyl (C=O) groups excluding carboxylic acids is 1. The molecule has 8 heteroatoms. The van der Waals surface area contributed by atoms with E-state index in [0.29, 0.717) is 22.6 Å². The number of benzene rings is 1. The molecular formula is C15H16Cl2N2O3S. The Morgan fingerprint density at radius 3 is 2.70 bits per heavy atom. The van der Waals surface area contributed by atoms with E-state index in [0.717, 1.165) is 4.31 Å². The van der Waals surface area contributed by atoms with Crippen LogP contribution in [0.15, 0.2) is 42.6 Å². The molecule has 0 aromatic heterocycles. The maximum Gasteiger partial charge on any atom is 0.301 e. The number of rotatable bonds is 5. The Bertz CT molecular complexity index is 775. The number of hydrogen-bond acceptors (Lipinski definition) is 3. The molecular weight excluding hydrogens is 359 g/mol. The fourth-order valence-electron chi connectivity index (χ4n) is 2.24. The van der Waals surface area contributed by atoms with Crippen molar-refractivity contribution in [3.8, 4) is 0 Å². The highest BCUT2D eigenvalue weighted by Gasteiger charge is 2.34. The minimum absolute atomic E-state index is 0.205. The first-order valence-corrected chi connectivity index (χ1v) is 9.03. The molecule has 124 valence electrons. The first kappa shape index (κ1) is 18.0. The van der Waals surface area contributed by atoms with Crippen molar-refractivity contribution in [2.45, 2.75) is 19.4 Å². The van der Waals surface area contributed by atoms with E-state index in [1.165, 1.54) is 19.2 Å². The molecule has 0 fully saturated rings. The summed E-state index contributed by atoms with van der Waals surface area (Å²) in [6.45, 7) is 5.16. The summed E-state index contributed by atoms with van der Waals surface area (Å²) in [5.41, 5.74) is 0.789. The molecule has 23 heavy (non-hydrogen) atoms. The van der Waals surface area contributed by atoms with E-state index in [1.807, 2.05) is 0 Å². The summed E-state index contributed by atoms with van der Waals surface area (Å²) in [5.74, 6) is -0.244. The number of nitrogens with one attached hydrogen (secondary N) is 1. The van der Waals surface area contributed by atoms with Crippen LogP contribution in [0.3, 0.4) is 0 Å². The van der Waals surface area contributed by atoms with Crippen molar-refractivity contribution in [2.24, 2.45) is 0 Å². The van der Waals surface area contributed by atoms with Crippen molar-refractivity contribution in [3.63, 3.8) is 0 Å². The van der Waals surface area contributed by atoms with Gasteiger partial charge in [-0.1, -0.05) is 35.3 Å². The highest BCUT2D eigenvalue weighted by Crippen LogP contribution is 2.34. The zero-order chi connectivity index (χ0) is 17.2. The number of carbonyl (C=O) groups is 1. The van der Waals surface area contributed by atoms with Gasteiger partial charge < -0.3 is 0 Å². The summed E-state index contributed by atoms with van der Waals surface area (Å²) in [6, 6.07) is 3.86. The lowest BCUT2D eigenvalue weighted by Crippen LogP contribution is -2.45. The van der Waals surface area contributed by atoms with Crippen LogP contribution in [0.5, 0.6) is 0 Å². The highest BCUT2D eigenvalue weighted by molar-refractivity contribution is 7.87. The van der Waals surface area contributed by atoms with Gasteiger partial charge in [-0.05, 0) is 31.0 Å². The van der Waals surface area contributed by atoms with E-state index >= 15 is 0 Å². The van der Waals surface area contributed by atoms with Crippen LogP contribution in [0.4, 0.5) is 0 Å². The summed E-state index contributed by atoms with van der Waals surface area (Å²) in [5, 5.41) is 0.718. The topological polar surface area (TPSA) is 66.5 Å². The Hall–Kier alpha value is -1.34. The Kier molecular flexibility index (Phi) is 5.52. The molecule has 2 rings (SSSR count). The van der Waals surface area contributed by atoms with Gasteiger partial charge in [0.1, 0.15) is 0 Å². The van der Waals surface area contributed by atoms with Crippen molar-refractivity contribution in [1.29, 1.82) is 0 Å². The lowest BCUT2D eigenvalue weighted by atomic mass is 9.97. The number of nitrogens with zero attached hydrogens (tertiary/aromatic N) is 1. The standard InChI is InChI=1S/C15H16Cl2N2O3S/c1-3-4-7-19-9-13(10(2)20)15(18-23(19,21)22)12-6-5-11(16)8-14(12)17/h3,5-6,8-9,15,18H,1,4,7H2,2H3. The third-order valence-electron chi connectivity index (χ3n) is 3.40. The van der Waals surface area contributed by atoms with Gasteiger partial charge in [0, 0.05) is 28.4 Å².